The molecular formula is C14H18BrNO2. The van der Waals surface area contributed by atoms with E-state index in [0.29, 0.717) is 0 Å². The lowest BCUT2D eigenvalue weighted by Crippen LogP contribution is -2.46. The summed E-state index contributed by atoms with van der Waals surface area (Å²) < 4.78 is 1.06. The highest BCUT2D eigenvalue weighted by Gasteiger charge is 2.37. The summed E-state index contributed by atoms with van der Waals surface area (Å²) in [5.74, 6) is 0. The Morgan fingerprint density at radius 1 is 1.44 bits per heavy atom. The van der Waals surface area contributed by atoms with E-state index in [4.69, 9.17) is 0 Å². The summed E-state index contributed by atoms with van der Waals surface area (Å²) in [6.07, 6.45) is 0.970. The van der Waals surface area contributed by atoms with Crippen LogP contribution >= 0.6 is 15.9 Å². The van der Waals surface area contributed by atoms with Gasteiger partial charge in [0.15, 0.2) is 0 Å². The maximum Gasteiger partial charge on any atom is 0.408 e. The molecule has 1 aliphatic carbocycles. The summed E-state index contributed by atoms with van der Waals surface area (Å²) in [5.41, 5.74) is 2.02. The van der Waals surface area contributed by atoms with Crippen molar-refractivity contribution in [2.24, 2.45) is 0 Å². The van der Waals surface area contributed by atoms with E-state index < -0.39 is 6.09 Å². The van der Waals surface area contributed by atoms with Crippen LogP contribution in [-0.4, -0.2) is 21.6 Å². The zero-order valence-electron chi connectivity index (χ0n) is 10.9. The van der Waals surface area contributed by atoms with Gasteiger partial charge in [0.1, 0.15) is 0 Å². The van der Waals surface area contributed by atoms with E-state index in [0.717, 1.165) is 22.9 Å². The van der Waals surface area contributed by atoms with Crippen LogP contribution < -0.4 is 0 Å². The molecule has 1 aromatic carbocycles. The van der Waals surface area contributed by atoms with Crippen molar-refractivity contribution < 1.29 is 9.90 Å². The molecular weight excluding hydrogens is 294 g/mol. The molecule has 3 nitrogen and oxygen atoms in total. The first-order valence-electron chi connectivity index (χ1n) is 6.11. The number of rotatable bonds is 1. The van der Waals surface area contributed by atoms with Gasteiger partial charge in [-0.05, 0) is 56.9 Å². The van der Waals surface area contributed by atoms with Gasteiger partial charge in [-0.1, -0.05) is 22.0 Å². The number of carboxylic acid groups (broad SMARTS) is 1. The number of aryl methyl sites for hydroxylation is 1. The van der Waals surface area contributed by atoms with Gasteiger partial charge in [-0.15, -0.1) is 0 Å². The van der Waals surface area contributed by atoms with Gasteiger partial charge < -0.3 is 5.11 Å². The summed E-state index contributed by atoms with van der Waals surface area (Å²) >= 11 is 3.46. The zero-order chi connectivity index (χ0) is 13.5. The average Bonchev–Trinajstić information content (AvgIpc) is 2.58. The van der Waals surface area contributed by atoms with Crippen molar-refractivity contribution >= 4 is 22.0 Å². The van der Waals surface area contributed by atoms with Gasteiger partial charge in [0.2, 0.25) is 0 Å². The lowest BCUT2D eigenvalue weighted by Gasteiger charge is -2.38. The Morgan fingerprint density at radius 2 is 2.11 bits per heavy atom. The molecule has 1 aliphatic rings. The van der Waals surface area contributed by atoms with Crippen molar-refractivity contribution in [3.05, 3.63) is 33.8 Å². The number of benzene rings is 1. The number of hydrogen-bond donors (Lipinski definition) is 1. The molecule has 1 atom stereocenters. The predicted molar refractivity (Wildman–Crippen MR) is 74.8 cm³/mol. The van der Waals surface area contributed by atoms with Crippen molar-refractivity contribution in [3.63, 3.8) is 0 Å². The molecule has 0 spiro atoms. The molecule has 0 saturated carbocycles. The molecule has 18 heavy (non-hydrogen) atoms. The van der Waals surface area contributed by atoms with Gasteiger partial charge >= 0.3 is 6.09 Å². The third-order valence-corrected chi connectivity index (χ3v) is 3.88. The molecule has 1 N–H and O–H groups in total. The molecule has 0 radical (unpaired) electrons. The van der Waals surface area contributed by atoms with E-state index in [1.165, 1.54) is 5.56 Å². The van der Waals surface area contributed by atoms with E-state index >= 15 is 0 Å². The highest BCUT2D eigenvalue weighted by Crippen LogP contribution is 2.40. The van der Waals surface area contributed by atoms with Gasteiger partial charge in [-0.25, -0.2) is 4.79 Å². The minimum atomic E-state index is -0.844. The number of nitrogens with zero attached hydrogens (tertiary/aromatic N) is 1. The fourth-order valence-corrected chi connectivity index (χ4v) is 3.13. The monoisotopic (exact) mass is 311 g/mol. The van der Waals surface area contributed by atoms with Crippen LogP contribution in [0.3, 0.4) is 0 Å². The Balaban J connectivity index is 2.40. The predicted octanol–water partition coefficient (Wildman–Crippen LogP) is 4.21. The normalized spacial score (nSPS) is 18.6. The molecule has 4 heteroatoms. The molecule has 1 aromatic rings. The maximum atomic E-state index is 11.5. The van der Waals surface area contributed by atoms with Crippen LogP contribution in [0.5, 0.6) is 0 Å². The van der Waals surface area contributed by atoms with Gasteiger partial charge in [-0.2, -0.15) is 0 Å². The average molecular weight is 312 g/mol. The van der Waals surface area contributed by atoms with Crippen molar-refractivity contribution in [2.45, 2.75) is 45.2 Å². The molecule has 0 bridgehead atoms. The lowest BCUT2D eigenvalue weighted by atomic mass is 10.00. The summed E-state index contributed by atoms with van der Waals surface area (Å²) in [7, 11) is 0. The molecule has 0 aliphatic heterocycles. The first-order chi connectivity index (χ1) is 8.30. The number of carbonyl (C=O) groups is 1. The Morgan fingerprint density at radius 3 is 2.67 bits per heavy atom. The number of fused-ring (bicyclic) bond motifs is 1. The van der Waals surface area contributed by atoms with E-state index in [1.54, 1.807) is 4.90 Å². The Kier molecular flexibility index (Phi) is 3.41. The van der Waals surface area contributed by atoms with Crippen LogP contribution in [0.2, 0.25) is 0 Å². The molecule has 98 valence electrons. The topological polar surface area (TPSA) is 40.5 Å². The number of hydrogen-bond acceptors (Lipinski definition) is 1. The third-order valence-electron chi connectivity index (χ3n) is 3.39. The standard InChI is InChI=1S/C14H18BrNO2/c1-14(2,3)16(13(17)18)12-7-4-9-8-10(15)5-6-11(9)12/h5-6,8,12H,4,7H2,1-3H3,(H,17,18). The van der Waals surface area contributed by atoms with Gasteiger partial charge in [0.25, 0.3) is 0 Å². The summed E-state index contributed by atoms with van der Waals surface area (Å²) in [6.45, 7) is 5.83. The second-order valence-corrected chi connectivity index (χ2v) is 6.64. The molecule has 1 amide bonds. The van der Waals surface area contributed by atoms with Crippen LogP contribution in [0.4, 0.5) is 4.79 Å². The molecule has 0 saturated heterocycles. The lowest BCUT2D eigenvalue weighted by molar-refractivity contribution is 0.0701. The summed E-state index contributed by atoms with van der Waals surface area (Å²) in [5, 5.41) is 9.47. The van der Waals surface area contributed by atoms with Crippen molar-refractivity contribution in [1.29, 1.82) is 0 Å². The van der Waals surface area contributed by atoms with E-state index in [1.807, 2.05) is 32.9 Å². The van der Waals surface area contributed by atoms with Crippen LogP contribution in [0.1, 0.15) is 44.4 Å². The maximum absolute atomic E-state index is 11.5. The van der Waals surface area contributed by atoms with Crippen LogP contribution in [-0.2, 0) is 6.42 Å². The van der Waals surface area contributed by atoms with Crippen LogP contribution in [0.15, 0.2) is 22.7 Å². The minimum Gasteiger partial charge on any atom is -0.465 e. The smallest absolute Gasteiger partial charge is 0.408 e. The van der Waals surface area contributed by atoms with Crippen LogP contribution in [0, 0.1) is 0 Å². The molecule has 2 rings (SSSR count). The fraction of sp³-hybridized carbons (Fsp3) is 0.500. The van der Waals surface area contributed by atoms with E-state index in [2.05, 4.69) is 22.0 Å². The highest BCUT2D eigenvalue weighted by atomic mass is 79.9. The second-order valence-electron chi connectivity index (χ2n) is 5.72. The zero-order valence-corrected chi connectivity index (χ0v) is 12.5. The second kappa shape index (κ2) is 4.57. The molecule has 0 heterocycles. The van der Waals surface area contributed by atoms with Crippen molar-refractivity contribution in [3.8, 4) is 0 Å². The number of amides is 1. The van der Waals surface area contributed by atoms with Crippen molar-refractivity contribution in [2.75, 3.05) is 0 Å². The third kappa shape index (κ3) is 2.39. The Hall–Kier alpha value is -1.03. The minimum absolute atomic E-state index is 0.0226. The molecule has 1 unspecified atom stereocenters. The van der Waals surface area contributed by atoms with Gasteiger partial charge in [-0.3, -0.25) is 4.90 Å². The summed E-state index contributed by atoms with van der Waals surface area (Å²) in [4.78, 5) is 13.1. The SMILES string of the molecule is CC(C)(C)N(C(=O)O)C1CCc2cc(Br)ccc21. The first-order valence-corrected chi connectivity index (χ1v) is 6.90. The number of halogens is 1. The summed E-state index contributed by atoms with van der Waals surface area (Å²) in [6, 6.07) is 6.10. The molecule has 0 aromatic heterocycles. The van der Waals surface area contributed by atoms with Gasteiger partial charge in [0.05, 0.1) is 6.04 Å². The molecule has 0 fully saturated rings. The first kappa shape index (κ1) is 13.4. The van der Waals surface area contributed by atoms with Crippen LogP contribution in [0.25, 0.3) is 0 Å². The quantitative estimate of drug-likeness (QED) is 0.843. The highest BCUT2D eigenvalue weighted by molar-refractivity contribution is 9.10. The largest absolute Gasteiger partial charge is 0.465 e. The van der Waals surface area contributed by atoms with E-state index in [9.17, 15) is 9.90 Å². The Labute approximate surface area is 116 Å². The fourth-order valence-electron chi connectivity index (χ4n) is 2.72. The van der Waals surface area contributed by atoms with Gasteiger partial charge in [0, 0.05) is 10.0 Å². The van der Waals surface area contributed by atoms with Crippen molar-refractivity contribution in [1.82, 2.24) is 4.90 Å². The van der Waals surface area contributed by atoms with E-state index in [-0.39, 0.29) is 11.6 Å². The Bertz CT molecular complexity index is 479.